The van der Waals surface area contributed by atoms with Crippen molar-refractivity contribution in [3.63, 3.8) is 0 Å². The average Bonchev–Trinajstić information content (AvgIpc) is 3.62. The SMILES string of the molecule is CC(=O)CN=C[C@H]1O[C@@H](n2cc(Cc3ccc(C4CC4)cc3)c3c(Cl)cccc32)[C@H](O)[C@@H](O)[C@@H]1O. The van der Waals surface area contributed by atoms with Crippen molar-refractivity contribution in [2.24, 2.45) is 4.99 Å². The number of aliphatic hydroxyl groups is 3. The molecule has 7 nitrogen and oxygen atoms in total. The molecule has 2 fully saturated rings. The van der Waals surface area contributed by atoms with E-state index in [-0.39, 0.29) is 12.3 Å². The summed E-state index contributed by atoms with van der Waals surface area (Å²) in [6.45, 7) is 1.36. The zero-order valence-corrected chi connectivity index (χ0v) is 20.2. The van der Waals surface area contributed by atoms with Gasteiger partial charge in [-0.2, -0.15) is 0 Å². The molecular weight excluding hydrogens is 468 g/mol. The number of benzene rings is 2. The number of aliphatic imine (C=N–C) groups is 1. The Morgan fingerprint density at radius 2 is 1.86 bits per heavy atom. The van der Waals surface area contributed by atoms with Crippen molar-refractivity contribution in [3.05, 3.63) is 70.4 Å². The molecule has 2 aromatic carbocycles. The Morgan fingerprint density at radius 3 is 2.54 bits per heavy atom. The van der Waals surface area contributed by atoms with Crippen molar-refractivity contribution in [2.75, 3.05) is 6.54 Å². The van der Waals surface area contributed by atoms with Crippen LogP contribution in [0.25, 0.3) is 10.9 Å². The second-order valence-corrected chi connectivity index (χ2v) is 9.95. The third-order valence-corrected chi connectivity index (χ3v) is 7.09. The Kier molecular flexibility index (Phi) is 6.79. The van der Waals surface area contributed by atoms with Gasteiger partial charge in [0.05, 0.1) is 17.1 Å². The highest BCUT2D eigenvalue weighted by atomic mass is 35.5. The van der Waals surface area contributed by atoms with Crippen LogP contribution in [0.1, 0.15) is 48.6 Å². The number of hydrogen-bond donors (Lipinski definition) is 3. The number of hydrogen-bond acceptors (Lipinski definition) is 6. The molecule has 1 aromatic heterocycles. The first kappa shape index (κ1) is 24.2. The highest BCUT2D eigenvalue weighted by Gasteiger charge is 2.44. The number of carbonyl (C=O) groups excluding carboxylic acids is 1. The highest BCUT2D eigenvalue weighted by molar-refractivity contribution is 6.35. The Morgan fingerprint density at radius 1 is 1.11 bits per heavy atom. The van der Waals surface area contributed by atoms with Gasteiger partial charge in [-0.1, -0.05) is 41.9 Å². The van der Waals surface area contributed by atoms with Crippen molar-refractivity contribution in [1.29, 1.82) is 0 Å². The number of nitrogens with zero attached hydrogens (tertiary/aromatic N) is 2. The molecule has 8 heteroatoms. The van der Waals surface area contributed by atoms with Crippen LogP contribution in [0, 0.1) is 0 Å². The molecule has 2 heterocycles. The summed E-state index contributed by atoms with van der Waals surface area (Å²) in [5, 5.41) is 33.2. The Balaban J connectivity index is 1.48. The lowest BCUT2D eigenvalue weighted by Crippen LogP contribution is -2.55. The van der Waals surface area contributed by atoms with Crippen molar-refractivity contribution in [1.82, 2.24) is 4.57 Å². The van der Waals surface area contributed by atoms with E-state index in [2.05, 4.69) is 29.3 Å². The van der Waals surface area contributed by atoms with E-state index in [0.29, 0.717) is 17.4 Å². The molecule has 0 amide bonds. The molecule has 1 aliphatic carbocycles. The first-order valence-electron chi connectivity index (χ1n) is 11.9. The largest absolute Gasteiger partial charge is 0.387 e. The van der Waals surface area contributed by atoms with Gasteiger partial charge in [0.1, 0.15) is 24.4 Å². The number of ether oxygens (including phenoxy) is 1. The number of fused-ring (bicyclic) bond motifs is 1. The lowest BCUT2D eigenvalue weighted by atomic mass is 9.98. The summed E-state index contributed by atoms with van der Waals surface area (Å²) in [4.78, 5) is 15.2. The van der Waals surface area contributed by atoms with Gasteiger partial charge in [0.25, 0.3) is 0 Å². The molecule has 1 aliphatic heterocycles. The van der Waals surface area contributed by atoms with Crippen LogP contribution in [-0.2, 0) is 16.0 Å². The fourth-order valence-corrected chi connectivity index (χ4v) is 5.05. The van der Waals surface area contributed by atoms with Gasteiger partial charge in [-0.15, -0.1) is 0 Å². The fraction of sp³-hybridized carbons (Fsp3) is 0.407. The monoisotopic (exact) mass is 496 g/mol. The number of halogens is 1. The summed E-state index contributed by atoms with van der Waals surface area (Å²) >= 11 is 6.61. The van der Waals surface area contributed by atoms with Crippen LogP contribution in [-0.4, -0.2) is 62.8 Å². The minimum absolute atomic E-state index is 0.0539. The standard InChI is InChI=1S/C27H29ClN2O5/c1-15(31)12-29-13-22-24(32)25(33)26(34)27(35-22)30-14-19(23-20(28)3-2-4-21(23)30)11-16-5-7-17(8-6-16)18-9-10-18/h2-8,13-14,18,22,24-27,32-34H,9-12H2,1H3/t22-,24-,25+,26-,27-/m1/s1. The second-order valence-electron chi connectivity index (χ2n) is 9.54. The van der Waals surface area contributed by atoms with Gasteiger partial charge in [0, 0.05) is 17.8 Å². The van der Waals surface area contributed by atoms with E-state index >= 15 is 0 Å². The molecular formula is C27H29ClN2O5. The number of carbonyl (C=O) groups is 1. The van der Waals surface area contributed by atoms with Gasteiger partial charge < -0.3 is 24.6 Å². The molecule has 0 bridgehead atoms. The van der Waals surface area contributed by atoms with Gasteiger partial charge in [0.2, 0.25) is 0 Å². The van der Waals surface area contributed by atoms with Gasteiger partial charge in [-0.25, -0.2) is 0 Å². The minimum Gasteiger partial charge on any atom is -0.387 e. The molecule has 0 radical (unpaired) electrons. The molecule has 35 heavy (non-hydrogen) atoms. The van der Waals surface area contributed by atoms with Crippen molar-refractivity contribution in [2.45, 2.75) is 62.7 Å². The van der Waals surface area contributed by atoms with Crippen LogP contribution >= 0.6 is 11.6 Å². The third kappa shape index (κ3) is 4.92. The zero-order chi connectivity index (χ0) is 24.7. The first-order chi connectivity index (χ1) is 16.8. The van der Waals surface area contributed by atoms with Gasteiger partial charge >= 0.3 is 0 Å². The molecule has 3 aromatic rings. The molecule has 3 N–H and O–H groups in total. The molecule has 5 rings (SSSR count). The normalized spacial score (nSPS) is 27.1. The van der Waals surface area contributed by atoms with E-state index in [1.165, 1.54) is 31.5 Å². The Bertz CT molecular complexity index is 1250. The number of aromatic nitrogens is 1. The molecule has 184 valence electrons. The van der Waals surface area contributed by atoms with Crippen LogP contribution in [0.3, 0.4) is 0 Å². The lowest BCUT2D eigenvalue weighted by Gasteiger charge is -2.40. The predicted octanol–water partition coefficient (Wildman–Crippen LogP) is 3.40. The van der Waals surface area contributed by atoms with E-state index in [4.69, 9.17) is 16.3 Å². The number of aliphatic hydroxyl groups excluding tert-OH is 3. The summed E-state index contributed by atoms with van der Waals surface area (Å²) in [5.74, 6) is 0.559. The average molecular weight is 497 g/mol. The molecule has 0 spiro atoms. The smallest absolute Gasteiger partial charge is 0.163 e. The van der Waals surface area contributed by atoms with Gasteiger partial charge in [-0.05, 0) is 60.9 Å². The topological polar surface area (TPSA) is 104 Å². The van der Waals surface area contributed by atoms with Crippen molar-refractivity contribution < 1.29 is 24.9 Å². The van der Waals surface area contributed by atoms with E-state index < -0.39 is 30.6 Å². The van der Waals surface area contributed by atoms with Crippen molar-refractivity contribution in [3.8, 4) is 0 Å². The summed E-state index contributed by atoms with van der Waals surface area (Å²) < 4.78 is 7.76. The summed E-state index contributed by atoms with van der Waals surface area (Å²) in [5.41, 5.74) is 4.22. The van der Waals surface area contributed by atoms with E-state index in [0.717, 1.165) is 22.0 Å². The van der Waals surface area contributed by atoms with Gasteiger partial charge in [0.15, 0.2) is 12.0 Å². The number of rotatable bonds is 7. The maximum absolute atomic E-state index is 11.2. The van der Waals surface area contributed by atoms with Crippen LogP contribution in [0.5, 0.6) is 0 Å². The van der Waals surface area contributed by atoms with Crippen molar-refractivity contribution >= 4 is 34.5 Å². The van der Waals surface area contributed by atoms with Crippen LogP contribution < -0.4 is 0 Å². The number of Topliss-reactive ketones (excluding diaryl/α,β-unsaturated/α-hetero) is 1. The zero-order valence-electron chi connectivity index (χ0n) is 19.4. The summed E-state index contributed by atoms with van der Waals surface area (Å²) in [6.07, 6.45) is 0.132. The minimum atomic E-state index is -1.46. The molecule has 5 atom stereocenters. The Hall–Kier alpha value is -2.55. The van der Waals surface area contributed by atoms with E-state index in [9.17, 15) is 20.1 Å². The van der Waals surface area contributed by atoms with Gasteiger partial charge in [-0.3, -0.25) is 9.79 Å². The molecule has 1 saturated heterocycles. The Labute approximate surface area is 208 Å². The number of ketones is 1. The highest BCUT2D eigenvalue weighted by Crippen LogP contribution is 2.40. The predicted molar refractivity (Wildman–Crippen MR) is 134 cm³/mol. The van der Waals surface area contributed by atoms with E-state index in [1.807, 2.05) is 24.4 Å². The molecule has 0 unspecified atom stereocenters. The first-order valence-corrected chi connectivity index (χ1v) is 12.3. The third-order valence-electron chi connectivity index (χ3n) is 6.77. The fourth-order valence-electron chi connectivity index (χ4n) is 4.76. The summed E-state index contributed by atoms with van der Waals surface area (Å²) in [7, 11) is 0. The lowest BCUT2D eigenvalue weighted by molar-refractivity contribution is -0.225. The second kappa shape index (κ2) is 9.84. The van der Waals surface area contributed by atoms with Crippen LogP contribution in [0.4, 0.5) is 0 Å². The van der Waals surface area contributed by atoms with Crippen LogP contribution in [0.15, 0.2) is 53.7 Å². The van der Waals surface area contributed by atoms with E-state index in [1.54, 1.807) is 4.57 Å². The maximum atomic E-state index is 11.2. The maximum Gasteiger partial charge on any atom is 0.163 e. The molecule has 1 saturated carbocycles. The quantitative estimate of drug-likeness (QED) is 0.435. The van der Waals surface area contributed by atoms with Crippen LogP contribution in [0.2, 0.25) is 5.02 Å². The molecule has 2 aliphatic rings. The summed E-state index contributed by atoms with van der Waals surface area (Å²) in [6, 6.07) is 14.2.